The fraction of sp³-hybridized carbons (Fsp3) is 0.100. The SMILES string of the molecule is Cc1cc(Oc2ccc(C(=N)N)nc2)n[nH]1. The van der Waals surface area contributed by atoms with Crippen LogP contribution in [0, 0.1) is 12.3 Å². The van der Waals surface area contributed by atoms with Crippen molar-refractivity contribution in [3.63, 3.8) is 0 Å². The van der Waals surface area contributed by atoms with Crippen LogP contribution in [-0.4, -0.2) is 21.0 Å². The first-order valence-electron chi connectivity index (χ1n) is 4.65. The third-order valence-electron chi connectivity index (χ3n) is 1.92. The molecule has 0 bridgehead atoms. The Labute approximate surface area is 92.0 Å². The Kier molecular flexibility index (Phi) is 2.55. The van der Waals surface area contributed by atoms with Crippen LogP contribution in [0.5, 0.6) is 11.6 Å². The zero-order chi connectivity index (χ0) is 11.5. The van der Waals surface area contributed by atoms with Crippen molar-refractivity contribution in [2.75, 3.05) is 0 Å². The van der Waals surface area contributed by atoms with Crippen LogP contribution in [0.3, 0.4) is 0 Å². The Hall–Kier alpha value is -2.37. The number of aryl methyl sites for hydroxylation is 1. The Morgan fingerprint density at radius 3 is 2.81 bits per heavy atom. The molecule has 0 fully saturated rings. The largest absolute Gasteiger partial charge is 0.436 e. The van der Waals surface area contributed by atoms with E-state index >= 15 is 0 Å². The van der Waals surface area contributed by atoms with Gasteiger partial charge in [-0.3, -0.25) is 10.5 Å². The Balaban J connectivity index is 2.14. The summed E-state index contributed by atoms with van der Waals surface area (Å²) in [5.74, 6) is 0.966. The molecule has 0 aromatic carbocycles. The lowest BCUT2D eigenvalue weighted by atomic mass is 10.3. The van der Waals surface area contributed by atoms with Crippen molar-refractivity contribution < 1.29 is 4.74 Å². The van der Waals surface area contributed by atoms with Crippen molar-refractivity contribution in [1.29, 1.82) is 5.41 Å². The molecule has 2 rings (SSSR count). The summed E-state index contributed by atoms with van der Waals surface area (Å²) in [6, 6.07) is 5.09. The first-order valence-corrected chi connectivity index (χ1v) is 4.65. The van der Waals surface area contributed by atoms with Gasteiger partial charge in [0.15, 0.2) is 0 Å². The van der Waals surface area contributed by atoms with E-state index in [0.29, 0.717) is 17.3 Å². The highest BCUT2D eigenvalue weighted by Gasteiger charge is 2.02. The quantitative estimate of drug-likeness (QED) is 0.531. The fourth-order valence-corrected chi connectivity index (χ4v) is 1.17. The van der Waals surface area contributed by atoms with Gasteiger partial charge in [-0.05, 0) is 19.1 Å². The molecule has 0 atom stereocenters. The molecule has 0 saturated carbocycles. The number of pyridine rings is 1. The predicted octanol–water partition coefficient (Wildman–Crippen LogP) is 1.19. The van der Waals surface area contributed by atoms with Gasteiger partial charge in [0, 0.05) is 11.8 Å². The number of aromatic nitrogens is 3. The number of nitrogens with zero attached hydrogens (tertiary/aromatic N) is 2. The molecule has 16 heavy (non-hydrogen) atoms. The average molecular weight is 217 g/mol. The number of ether oxygens (including phenoxy) is 1. The Morgan fingerprint density at radius 2 is 2.31 bits per heavy atom. The van der Waals surface area contributed by atoms with E-state index < -0.39 is 0 Å². The minimum atomic E-state index is -0.0674. The minimum Gasteiger partial charge on any atom is -0.436 e. The normalized spacial score (nSPS) is 10.1. The zero-order valence-corrected chi connectivity index (χ0v) is 8.69. The van der Waals surface area contributed by atoms with Gasteiger partial charge in [-0.1, -0.05) is 0 Å². The number of nitrogens with two attached hydrogens (primary N) is 1. The van der Waals surface area contributed by atoms with Crippen LogP contribution in [0.25, 0.3) is 0 Å². The van der Waals surface area contributed by atoms with Crippen molar-refractivity contribution in [3.05, 3.63) is 35.8 Å². The summed E-state index contributed by atoms with van der Waals surface area (Å²) in [5.41, 5.74) is 6.62. The van der Waals surface area contributed by atoms with E-state index in [1.165, 1.54) is 6.20 Å². The van der Waals surface area contributed by atoms with Crippen molar-refractivity contribution in [2.45, 2.75) is 6.92 Å². The van der Waals surface area contributed by atoms with Gasteiger partial charge in [0.25, 0.3) is 0 Å². The summed E-state index contributed by atoms with van der Waals surface area (Å²) in [4.78, 5) is 3.97. The molecule has 0 radical (unpaired) electrons. The van der Waals surface area contributed by atoms with Crippen LogP contribution in [0.4, 0.5) is 0 Å². The number of nitrogens with one attached hydrogen (secondary N) is 2. The molecule has 0 saturated heterocycles. The summed E-state index contributed by atoms with van der Waals surface area (Å²) in [7, 11) is 0. The second-order valence-electron chi connectivity index (χ2n) is 3.28. The smallest absolute Gasteiger partial charge is 0.238 e. The number of nitrogen functional groups attached to an aromatic ring is 1. The highest BCUT2D eigenvalue weighted by Crippen LogP contribution is 2.18. The van der Waals surface area contributed by atoms with Crippen LogP contribution in [0.2, 0.25) is 0 Å². The van der Waals surface area contributed by atoms with Crippen LogP contribution in [0.15, 0.2) is 24.4 Å². The maximum absolute atomic E-state index is 7.19. The van der Waals surface area contributed by atoms with Crippen molar-refractivity contribution >= 4 is 5.84 Å². The van der Waals surface area contributed by atoms with Gasteiger partial charge in [-0.25, -0.2) is 4.98 Å². The van der Waals surface area contributed by atoms with Gasteiger partial charge in [-0.2, -0.15) is 0 Å². The van der Waals surface area contributed by atoms with Gasteiger partial charge in [0.2, 0.25) is 5.88 Å². The molecule has 0 amide bonds. The molecular formula is C10H11N5O. The Morgan fingerprint density at radius 1 is 1.50 bits per heavy atom. The molecule has 2 aromatic rings. The van der Waals surface area contributed by atoms with Gasteiger partial charge in [0.05, 0.1) is 6.20 Å². The summed E-state index contributed by atoms with van der Waals surface area (Å²) in [5, 5.41) is 13.9. The standard InChI is InChI=1S/C10H11N5O/c1-6-4-9(15-14-6)16-7-2-3-8(10(11)12)13-5-7/h2-5H,1H3,(H3,11,12)(H,14,15). The molecule has 0 aliphatic heterocycles. The third-order valence-corrected chi connectivity index (χ3v) is 1.92. The molecule has 2 heterocycles. The van der Waals surface area contributed by atoms with Gasteiger partial charge >= 0.3 is 0 Å². The maximum Gasteiger partial charge on any atom is 0.238 e. The Bertz CT molecular complexity index is 502. The molecular weight excluding hydrogens is 206 g/mol. The second kappa shape index (κ2) is 4.01. The molecule has 6 heteroatoms. The lowest BCUT2D eigenvalue weighted by Crippen LogP contribution is -2.12. The summed E-state index contributed by atoms with van der Waals surface area (Å²) >= 11 is 0. The van der Waals surface area contributed by atoms with Crippen LogP contribution in [0.1, 0.15) is 11.4 Å². The monoisotopic (exact) mass is 217 g/mol. The fourth-order valence-electron chi connectivity index (χ4n) is 1.17. The molecule has 2 aromatic heterocycles. The van der Waals surface area contributed by atoms with Crippen molar-refractivity contribution in [3.8, 4) is 11.6 Å². The van der Waals surface area contributed by atoms with E-state index in [9.17, 15) is 0 Å². The highest BCUT2D eigenvalue weighted by molar-refractivity contribution is 5.92. The first kappa shape index (κ1) is 10.2. The van der Waals surface area contributed by atoms with E-state index in [1.807, 2.05) is 6.92 Å². The average Bonchev–Trinajstić information content (AvgIpc) is 2.65. The minimum absolute atomic E-state index is 0.0674. The molecule has 0 aliphatic carbocycles. The number of hydrogen-bond donors (Lipinski definition) is 3. The van der Waals surface area contributed by atoms with Gasteiger partial charge in [0.1, 0.15) is 17.3 Å². The van der Waals surface area contributed by atoms with Gasteiger partial charge in [-0.15, -0.1) is 5.10 Å². The summed E-state index contributed by atoms with van der Waals surface area (Å²) in [6.07, 6.45) is 1.50. The molecule has 82 valence electrons. The van der Waals surface area contributed by atoms with Crippen molar-refractivity contribution in [2.24, 2.45) is 5.73 Å². The lowest BCUT2D eigenvalue weighted by Gasteiger charge is -2.01. The third kappa shape index (κ3) is 2.17. The number of rotatable bonds is 3. The number of amidine groups is 1. The van der Waals surface area contributed by atoms with E-state index in [4.69, 9.17) is 15.9 Å². The van der Waals surface area contributed by atoms with Crippen LogP contribution in [-0.2, 0) is 0 Å². The second-order valence-corrected chi connectivity index (χ2v) is 3.28. The zero-order valence-electron chi connectivity index (χ0n) is 8.69. The molecule has 0 unspecified atom stereocenters. The van der Waals surface area contributed by atoms with E-state index in [1.54, 1.807) is 18.2 Å². The van der Waals surface area contributed by atoms with E-state index in [-0.39, 0.29) is 5.84 Å². The number of H-pyrrole nitrogens is 1. The van der Waals surface area contributed by atoms with Crippen LogP contribution >= 0.6 is 0 Å². The van der Waals surface area contributed by atoms with E-state index in [0.717, 1.165) is 5.69 Å². The van der Waals surface area contributed by atoms with E-state index in [2.05, 4.69) is 15.2 Å². The van der Waals surface area contributed by atoms with Gasteiger partial charge < -0.3 is 10.5 Å². The van der Waals surface area contributed by atoms with Crippen LogP contribution < -0.4 is 10.5 Å². The van der Waals surface area contributed by atoms with Crippen molar-refractivity contribution in [1.82, 2.24) is 15.2 Å². The molecule has 0 aliphatic rings. The summed E-state index contributed by atoms with van der Waals surface area (Å²) in [6.45, 7) is 1.89. The number of aromatic amines is 1. The molecule has 6 nitrogen and oxygen atoms in total. The lowest BCUT2D eigenvalue weighted by molar-refractivity contribution is 0.459. The number of hydrogen-bond acceptors (Lipinski definition) is 4. The molecule has 4 N–H and O–H groups in total. The maximum atomic E-state index is 7.19. The first-order chi connectivity index (χ1) is 7.65. The summed E-state index contributed by atoms with van der Waals surface area (Å²) < 4.78 is 5.42. The predicted molar refractivity (Wildman–Crippen MR) is 58.7 cm³/mol. The molecule has 0 spiro atoms. The highest BCUT2D eigenvalue weighted by atomic mass is 16.5. The topological polar surface area (TPSA) is 101 Å².